The molecule has 0 aliphatic carbocycles. The molecule has 1 aromatic carbocycles. The number of para-hydroxylation sites is 1. The molecule has 4 heteroatoms. The van der Waals surface area contributed by atoms with Gasteiger partial charge in [0.25, 0.3) is 0 Å². The first kappa shape index (κ1) is 9.80. The van der Waals surface area contributed by atoms with E-state index < -0.39 is 5.91 Å². The Morgan fingerprint density at radius 2 is 2.13 bits per heavy atom. The van der Waals surface area contributed by atoms with Gasteiger partial charge in [-0.2, -0.15) is 0 Å². The number of nitrogens with two attached hydrogens (primary N) is 1. The number of fused-ring (bicyclic) bond motifs is 1. The van der Waals surface area contributed by atoms with Gasteiger partial charge in [-0.05, 0) is 12.1 Å². The summed E-state index contributed by atoms with van der Waals surface area (Å²) in [6.45, 7) is 0. The van der Waals surface area contributed by atoms with E-state index in [4.69, 9.17) is 17.3 Å². The van der Waals surface area contributed by atoms with Crippen LogP contribution in [0.2, 0.25) is 5.02 Å². The highest BCUT2D eigenvalue weighted by Crippen LogP contribution is 2.27. The fourth-order valence-electron chi connectivity index (χ4n) is 1.41. The number of aromatic nitrogens is 1. The van der Waals surface area contributed by atoms with Crippen molar-refractivity contribution >= 4 is 34.5 Å². The molecule has 2 aromatic rings. The Bertz CT molecular complexity index is 543. The zero-order valence-corrected chi connectivity index (χ0v) is 8.58. The molecule has 0 atom stereocenters. The third-order valence-corrected chi connectivity index (χ3v) is 2.49. The van der Waals surface area contributed by atoms with Crippen LogP contribution in [0.4, 0.5) is 0 Å². The summed E-state index contributed by atoms with van der Waals surface area (Å²) in [6, 6.07) is 7.65. The number of halogens is 1. The minimum atomic E-state index is -0.496. The number of benzene rings is 1. The first-order valence-electron chi connectivity index (χ1n) is 4.42. The topological polar surface area (TPSA) is 58.9 Å². The molecule has 0 aliphatic heterocycles. The number of primary amides is 1. The van der Waals surface area contributed by atoms with Crippen LogP contribution >= 0.6 is 11.6 Å². The second-order valence-corrected chi connectivity index (χ2v) is 3.51. The average molecular weight is 221 g/mol. The number of hydrogen-bond acceptors (Lipinski definition) is 1. The lowest BCUT2D eigenvalue weighted by Gasteiger charge is -1.87. The van der Waals surface area contributed by atoms with E-state index in [1.165, 1.54) is 6.08 Å². The fourth-order valence-corrected chi connectivity index (χ4v) is 1.68. The van der Waals surface area contributed by atoms with Crippen LogP contribution in [0.5, 0.6) is 0 Å². The maximum absolute atomic E-state index is 10.6. The molecule has 3 N–H and O–H groups in total. The van der Waals surface area contributed by atoms with Crippen LogP contribution in [0.3, 0.4) is 0 Å². The van der Waals surface area contributed by atoms with E-state index in [-0.39, 0.29) is 0 Å². The summed E-state index contributed by atoms with van der Waals surface area (Å²) >= 11 is 6.11. The van der Waals surface area contributed by atoms with E-state index in [1.807, 2.05) is 24.3 Å². The number of aromatic amines is 1. The number of amides is 1. The highest BCUT2D eigenvalue weighted by Gasteiger charge is 2.05. The summed E-state index contributed by atoms with van der Waals surface area (Å²) in [6.07, 6.45) is 2.85. The summed E-state index contributed by atoms with van der Waals surface area (Å²) in [4.78, 5) is 13.7. The molecule has 0 radical (unpaired) electrons. The molecular weight excluding hydrogens is 212 g/mol. The predicted molar refractivity (Wildman–Crippen MR) is 61.5 cm³/mol. The van der Waals surface area contributed by atoms with Crippen LogP contribution in [0, 0.1) is 0 Å². The smallest absolute Gasteiger partial charge is 0.241 e. The molecule has 0 spiro atoms. The molecule has 0 aliphatic rings. The molecule has 0 fully saturated rings. The summed E-state index contributed by atoms with van der Waals surface area (Å²) in [5.41, 5.74) is 6.63. The molecule has 0 saturated heterocycles. The number of nitrogens with one attached hydrogen (secondary N) is 1. The summed E-state index contributed by atoms with van der Waals surface area (Å²) < 4.78 is 0. The van der Waals surface area contributed by atoms with Gasteiger partial charge in [0.15, 0.2) is 0 Å². The first-order chi connectivity index (χ1) is 7.18. The van der Waals surface area contributed by atoms with Crippen molar-refractivity contribution < 1.29 is 4.79 Å². The lowest BCUT2D eigenvalue weighted by Crippen LogP contribution is -2.05. The van der Waals surface area contributed by atoms with Crippen LogP contribution in [-0.4, -0.2) is 10.9 Å². The third-order valence-electron chi connectivity index (χ3n) is 2.08. The van der Waals surface area contributed by atoms with Crippen LogP contribution in [0.15, 0.2) is 30.3 Å². The Hall–Kier alpha value is -1.74. The summed E-state index contributed by atoms with van der Waals surface area (Å²) in [5, 5.41) is 1.53. The van der Waals surface area contributed by atoms with E-state index in [1.54, 1.807) is 6.08 Å². The Morgan fingerprint density at radius 1 is 1.40 bits per heavy atom. The lowest BCUT2D eigenvalue weighted by atomic mass is 10.2. The molecule has 0 unspecified atom stereocenters. The number of rotatable bonds is 2. The van der Waals surface area contributed by atoms with Crippen LogP contribution < -0.4 is 5.73 Å². The second-order valence-electron chi connectivity index (χ2n) is 3.13. The van der Waals surface area contributed by atoms with Crippen LogP contribution in [-0.2, 0) is 4.79 Å². The highest BCUT2D eigenvalue weighted by atomic mass is 35.5. The monoisotopic (exact) mass is 220 g/mol. The minimum absolute atomic E-state index is 0.496. The van der Waals surface area contributed by atoms with Gasteiger partial charge in [-0.1, -0.05) is 29.8 Å². The van der Waals surface area contributed by atoms with Crippen molar-refractivity contribution in [2.75, 3.05) is 0 Å². The number of carbonyl (C=O) groups excluding carboxylic acids is 1. The Labute approximate surface area is 91.5 Å². The number of carbonyl (C=O) groups is 1. The molecule has 2 rings (SSSR count). The summed E-state index contributed by atoms with van der Waals surface area (Å²) in [5.74, 6) is -0.496. The molecule has 0 bridgehead atoms. The van der Waals surface area contributed by atoms with Gasteiger partial charge < -0.3 is 10.7 Å². The minimum Gasteiger partial charge on any atom is -0.366 e. The Kier molecular flexibility index (Phi) is 2.47. The molecule has 15 heavy (non-hydrogen) atoms. The van der Waals surface area contributed by atoms with E-state index >= 15 is 0 Å². The van der Waals surface area contributed by atoms with Crippen molar-refractivity contribution in [3.05, 3.63) is 41.1 Å². The fraction of sp³-hybridized carbons (Fsp3) is 0. The van der Waals surface area contributed by atoms with Gasteiger partial charge >= 0.3 is 0 Å². The first-order valence-corrected chi connectivity index (χ1v) is 4.80. The van der Waals surface area contributed by atoms with E-state index in [0.29, 0.717) is 10.7 Å². The maximum Gasteiger partial charge on any atom is 0.241 e. The van der Waals surface area contributed by atoms with E-state index in [9.17, 15) is 4.79 Å². The third kappa shape index (κ3) is 1.87. The molecule has 1 amide bonds. The van der Waals surface area contributed by atoms with Crippen molar-refractivity contribution in [3.63, 3.8) is 0 Å². The molecule has 3 nitrogen and oxygen atoms in total. The van der Waals surface area contributed by atoms with Crippen molar-refractivity contribution in [3.8, 4) is 0 Å². The number of hydrogen-bond donors (Lipinski definition) is 2. The zero-order valence-electron chi connectivity index (χ0n) is 7.83. The molecular formula is C11H9ClN2O. The quantitative estimate of drug-likeness (QED) is 0.750. The standard InChI is InChI=1S/C11H9ClN2O/c12-11-7-3-1-2-4-8(7)14-9(11)5-6-10(13)15/h1-6,14H,(H2,13,15)/b6-5+. The normalized spacial score (nSPS) is 11.3. The van der Waals surface area contributed by atoms with Gasteiger partial charge in [-0.15, -0.1) is 0 Å². The molecule has 0 saturated carbocycles. The summed E-state index contributed by atoms with van der Waals surface area (Å²) in [7, 11) is 0. The van der Waals surface area contributed by atoms with Crippen molar-refractivity contribution in [2.24, 2.45) is 5.73 Å². The van der Waals surface area contributed by atoms with Crippen molar-refractivity contribution in [1.29, 1.82) is 0 Å². The maximum atomic E-state index is 10.6. The van der Waals surface area contributed by atoms with Gasteiger partial charge in [0.2, 0.25) is 5.91 Å². The van der Waals surface area contributed by atoms with Crippen molar-refractivity contribution in [2.45, 2.75) is 0 Å². The van der Waals surface area contributed by atoms with Gasteiger partial charge in [0, 0.05) is 17.0 Å². The number of H-pyrrole nitrogens is 1. The van der Waals surface area contributed by atoms with E-state index in [2.05, 4.69) is 4.98 Å². The van der Waals surface area contributed by atoms with E-state index in [0.717, 1.165) is 10.9 Å². The Morgan fingerprint density at radius 3 is 2.80 bits per heavy atom. The zero-order chi connectivity index (χ0) is 10.8. The molecule has 1 aromatic heterocycles. The lowest BCUT2D eigenvalue weighted by molar-refractivity contribution is -0.113. The molecule has 76 valence electrons. The predicted octanol–water partition coefficient (Wildman–Crippen LogP) is 2.32. The van der Waals surface area contributed by atoms with Crippen molar-refractivity contribution in [1.82, 2.24) is 4.98 Å². The van der Waals surface area contributed by atoms with Crippen LogP contribution in [0.25, 0.3) is 17.0 Å². The van der Waals surface area contributed by atoms with Crippen LogP contribution in [0.1, 0.15) is 5.69 Å². The van der Waals surface area contributed by atoms with Gasteiger partial charge in [-0.3, -0.25) is 4.79 Å². The van der Waals surface area contributed by atoms with Gasteiger partial charge in [0.1, 0.15) is 0 Å². The SMILES string of the molecule is NC(=O)/C=C/c1[nH]c2ccccc2c1Cl. The largest absolute Gasteiger partial charge is 0.366 e. The average Bonchev–Trinajstić information content (AvgIpc) is 2.54. The highest BCUT2D eigenvalue weighted by molar-refractivity contribution is 6.37. The Balaban J connectivity index is 2.53. The van der Waals surface area contributed by atoms with Gasteiger partial charge in [-0.25, -0.2) is 0 Å². The molecule has 1 heterocycles. The second kappa shape index (κ2) is 3.79. The van der Waals surface area contributed by atoms with Gasteiger partial charge in [0.05, 0.1) is 10.7 Å².